The Hall–Kier alpha value is -1.77. The molecule has 2 aromatic rings. The fourth-order valence-corrected chi connectivity index (χ4v) is 3.11. The molecule has 0 amide bonds. The standard InChI is InChI=1S/C21H26ClNO/c1-15(2)23(16(3)4)13-12-19(17-8-6-5-7-9-17)20-14-18(22)10-11-21(20)24/h5-12,14-16,24H,13H2,1-4H3. The number of nitrogens with zero attached hydrogens (tertiary/aromatic N) is 1. The molecule has 0 unspecified atom stereocenters. The lowest BCUT2D eigenvalue weighted by molar-refractivity contribution is 0.196. The second-order valence-electron chi connectivity index (χ2n) is 6.53. The summed E-state index contributed by atoms with van der Waals surface area (Å²) in [5, 5.41) is 11.0. The highest BCUT2D eigenvalue weighted by atomic mass is 35.5. The van der Waals surface area contributed by atoms with Crippen LogP contribution >= 0.6 is 11.6 Å². The van der Waals surface area contributed by atoms with Crippen molar-refractivity contribution in [3.05, 3.63) is 70.8 Å². The SMILES string of the molecule is CC(C)N(CC=C(c1ccccc1)c1cc(Cl)ccc1O)C(C)C. The van der Waals surface area contributed by atoms with E-state index in [0.29, 0.717) is 17.1 Å². The Morgan fingerprint density at radius 2 is 1.67 bits per heavy atom. The van der Waals surface area contributed by atoms with Crippen molar-refractivity contribution < 1.29 is 5.11 Å². The zero-order chi connectivity index (χ0) is 17.7. The maximum atomic E-state index is 10.3. The van der Waals surface area contributed by atoms with Crippen LogP contribution in [0, 0.1) is 0 Å². The Morgan fingerprint density at radius 1 is 1.04 bits per heavy atom. The summed E-state index contributed by atoms with van der Waals surface area (Å²) in [6.07, 6.45) is 2.18. The van der Waals surface area contributed by atoms with Gasteiger partial charge >= 0.3 is 0 Å². The van der Waals surface area contributed by atoms with E-state index in [1.807, 2.05) is 24.3 Å². The summed E-state index contributed by atoms with van der Waals surface area (Å²) in [6.45, 7) is 9.62. The lowest BCUT2D eigenvalue weighted by Crippen LogP contribution is -2.37. The zero-order valence-corrected chi connectivity index (χ0v) is 15.6. The van der Waals surface area contributed by atoms with Crippen molar-refractivity contribution in [3.8, 4) is 5.75 Å². The van der Waals surface area contributed by atoms with Crippen LogP contribution in [0.4, 0.5) is 0 Å². The molecule has 0 bridgehead atoms. The largest absolute Gasteiger partial charge is 0.507 e. The van der Waals surface area contributed by atoms with Crippen molar-refractivity contribution in [2.75, 3.05) is 6.54 Å². The highest BCUT2D eigenvalue weighted by Crippen LogP contribution is 2.32. The lowest BCUT2D eigenvalue weighted by Gasteiger charge is -2.29. The molecule has 2 nitrogen and oxygen atoms in total. The van der Waals surface area contributed by atoms with Crippen LogP contribution in [0.3, 0.4) is 0 Å². The predicted octanol–water partition coefficient (Wildman–Crippen LogP) is 5.60. The van der Waals surface area contributed by atoms with Crippen LogP contribution < -0.4 is 0 Å². The molecule has 0 aliphatic carbocycles. The maximum Gasteiger partial charge on any atom is 0.123 e. The molecule has 24 heavy (non-hydrogen) atoms. The van der Waals surface area contributed by atoms with Gasteiger partial charge in [-0.25, -0.2) is 0 Å². The molecule has 0 heterocycles. The molecule has 0 saturated heterocycles. The van der Waals surface area contributed by atoms with Gasteiger partial charge in [0.15, 0.2) is 0 Å². The molecule has 128 valence electrons. The first-order valence-electron chi connectivity index (χ1n) is 8.40. The smallest absolute Gasteiger partial charge is 0.123 e. The number of hydrogen-bond donors (Lipinski definition) is 1. The highest BCUT2D eigenvalue weighted by Gasteiger charge is 2.15. The average molecular weight is 344 g/mol. The molecule has 0 radical (unpaired) electrons. The maximum absolute atomic E-state index is 10.3. The number of rotatable bonds is 6. The Bertz CT molecular complexity index is 684. The first kappa shape index (κ1) is 18.6. The van der Waals surface area contributed by atoms with E-state index in [-0.39, 0.29) is 5.75 Å². The van der Waals surface area contributed by atoms with Crippen molar-refractivity contribution in [2.24, 2.45) is 0 Å². The van der Waals surface area contributed by atoms with Crippen molar-refractivity contribution >= 4 is 17.2 Å². The monoisotopic (exact) mass is 343 g/mol. The van der Waals surface area contributed by atoms with Gasteiger partial charge in [0.05, 0.1) is 0 Å². The van der Waals surface area contributed by atoms with E-state index in [1.54, 1.807) is 12.1 Å². The summed E-state index contributed by atoms with van der Waals surface area (Å²) in [4.78, 5) is 2.41. The molecular formula is C21H26ClNO. The van der Waals surface area contributed by atoms with Gasteiger partial charge in [-0.05, 0) is 57.0 Å². The van der Waals surface area contributed by atoms with Gasteiger partial charge in [-0.2, -0.15) is 0 Å². The minimum atomic E-state index is 0.246. The Labute approximate surface area is 150 Å². The Kier molecular flexibility index (Phi) is 6.47. The minimum absolute atomic E-state index is 0.246. The Balaban J connectivity index is 2.48. The summed E-state index contributed by atoms with van der Waals surface area (Å²) in [6, 6.07) is 16.2. The number of phenolic OH excluding ortho intramolecular Hbond substituents is 1. The lowest BCUT2D eigenvalue weighted by atomic mass is 9.96. The van der Waals surface area contributed by atoms with Crippen molar-refractivity contribution in [3.63, 3.8) is 0 Å². The number of phenols is 1. The molecule has 1 N–H and O–H groups in total. The van der Waals surface area contributed by atoms with Gasteiger partial charge in [-0.15, -0.1) is 0 Å². The van der Waals surface area contributed by atoms with E-state index < -0.39 is 0 Å². The number of halogens is 1. The molecular weight excluding hydrogens is 318 g/mol. The summed E-state index contributed by atoms with van der Waals surface area (Å²) >= 11 is 6.16. The fraction of sp³-hybridized carbons (Fsp3) is 0.333. The number of hydrogen-bond acceptors (Lipinski definition) is 2. The topological polar surface area (TPSA) is 23.5 Å². The first-order valence-corrected chi connectivity index (χ1v) is 8.78. The van der Waals surface area contributed by atoms with Gasteiger partial charge in [0.1, 0.15) is 5.75 Å². The molecule has 0 aliphatic heterocycles. The van der Waals surface area contributed by atoms with Crippen LogP contribution in [0.25, 0.3) is 5.57 Å². The van der Waals surface area contributed by atoms with Crippen LogP contribution in [-0.2, 0) is 0 Å². The van der Waals surface area contributed by atoms with Gasteiger partial charge in [-0.3, -0.25) is 4.90 Å². The normalized spacial score (nSPS) is 12.4. The summed E-state index contributed by atoms with van der Waals surface area (Å²) in [5.74, 6) is 0.246. The number of benzene rings is 2. The second-order valence-corrected chi connectivity index (χ2v) is 6.97. The average Bonchev–Trinajstić information content (AvgIpc) is 2.54. The van der Waals surface area contributed by atoms with E-state index >= 15 is 0 Å². The predicted molar refractivity (Wildman–Crippen MR) is 104 cm³/mol. The second kappa shape index (κ2) is 8.36. The third-order valence-corrected chi connectivity index (χ3v) is 4.40. The zero-order valence-electron chi connectivity index (χ0n) is 14.8. The third kappa shape index (κ3) is 4.62. The molecule has 0 atom stereocenters. The van der Waals surface area contributed by atoms with Crippen LogP contribution in [-0.4, -0.2) is 28.6 Å². The molecule has 0 aromatic heterocycles. The third-order valence-electron chi connectivity index (χ3n) is 4.17. The van der Waals surface area contributed by atoms with Crippen molar-refractivity contribution in [2.45, 2.75) is 39.8 Å². The fourth-order valence-electron chi connectivity index (χ4n) is 2.94. The molecule has 0 spiro atoms. The molecule has 2 aromatic carbocycles. The van der Waals surface area contributed by atoms with E-state index in [1.165, 1.54) is 0 Å². The van der Waals surface area contributed by atoms with Crippen molar-refractivity contribution in [1.29, 1.82) is 0 Å². The minimum Gasteiger partial charge on any atom is -0.507 e. The summed E-state index contributed by atoms with van der Waals surface area (Å²) in [5.41, 5.74) is 2.84. The molecule has 0 fully saturated rings. The number of aromatic hydroxyl groups is 1. The van der Waals surface area contributed by atoms with Gasteiger partial charge < -0.3 is 5.11 Å². The van der Waals surface area contributed by atoms with Gasteiger partial charge in [0.2, 0.25) is 0 Å². The quantitative estimate of drug-likeness (QED) is 0.738. The summed E-state index contributed by atoms with van der Waals surface area (Å²) in [7, 11) is 0. The van der Waals surface area contributed by atoms with E-state index in [9.17, 15) is 5.11 Å². The summed E-state index contributed by atoms with van der Waals surface area (Å²) < 4.78 is 0. The van der Waals surface area contributed by atoms with Crippen LogP contribution in [0.5, 0.6) is 5.75 Å². The van der Waals surface area contributed by atoms with E-state index in [0.717, 1.165) is 23.2 Å². The van der Waals surface area contributed by atoms with Gasteiger partial charge in [-0.1, -0.05) is 48.0 Å². The first-order chi connectivity index (χ1) is 11.4. The highest BCUT2D eigenvalue weighted by molar-refractivity contribution is 6.30. The van der Waals surface area contributed by atoms with Gasteiger partial charge in [0.25, 0.3) is 0 Å². The Morgan fingerprint density at radius 3 is 2.25 bits per heavy atom. The molecule has 0 aliphatic rings. The molecule has 3 heteroatoms. The van der Waals surface area contributed by atoms with Crippen LogP contribution in [0.15, 0.2) is 54.6 Å². The van der Waals surface area contributed by atoms with Crippen LogP contribution in [0.2, 0.25) is 5.02 Å². The van der Waals surface area contributed by atoms with Gasteiger partial charge in [0, 0.05) is 29.2 Å². The van der Waals surface area contributed by atoms with E-state index in [2.05, 4.69) is 50.8 Å². The van der Waals surface area contributed by atoms with Crippen molar-refractivity contribution in [1.82, 2.24) is 4.90 Å². The van der Waals surface area contributed by atoms with E-state index in [4.69, 9.17) is 11.6 Å². The molecule has 2 rings (SSSR count). The molecule has 0 saturated carbocycles. The van der Waals surface area contributed by atoms with Crippen LogP contribution in [0.1, 0.15) is 38.8 Å².